The smallest absolute Gasteiger partial charge is 0.0678 e. The summed E-state index contributed by atoms with van der Waals surface area (Å²) in [6, 6.07) is 0. The molecule has 92 valence electrons. The SMILES string of the molecule is C[C@@H]1CC[C@@]23C[C@@H]1C(C)(C)[C@@H]2CC[C@]3(C)O. The van der Waals surface area contributed by atoms with Crippen LogP contribution < -0.4 is 0 Å². The van der Waals surface area contributed by atoms with E-state index in [2.05, 4.69) is 27.7 Å². The molecule has 3 aliphatic rings. The minimum atomic E-state index is -0.385. The molecular formula is C15H26O. The highest BCUT2D eigenvalue weighted by Gasteiger charge is 2.69. The number of hydrogen-bond acceptors (Lipinski definition) is 1. The van der Waals surface area contributed by atoms with Crippen molar-refractivity contribution >= 4 is 0 Å². The number of hydrogen-bond donors (Lipinski definition) is 1. The van der Waals surface area contributed by atoms with Gasteiger partial charge in [-0.15, -0.1) is 0 Å². The Bertz CT molecular complexity index is 317. The van der Waals surface area contributed by atoms with Crippen molar-refractivity contribution in [3.8, 4) is 0 Å². The van der Waals surface area contributed by atoms with Crippen molar-refractivity contribution in [1.29, 1.82) is 0 Å². The van der Waals surface area contributed by atoms with E-state index in [1.54, 1.807) is 0 Å². The molecule has 0 heterocycles. The molecule has 0 unspecified atom stereocenters. The molecule has 0 aromatic rings. The Morgan fingerprint density at radius 1 is 1.06 bits per heavy atom. The molecule has 0 aromatic heterocycles. The Morgan fingerprint density at radius 3 is 2.44 bits per heavy atom. The van der Waals surface area contributed by atoms with Gasteiger partial charge in [0, 0.05) is 5.41 Å². The van der Waals surface area contributed by atoms with E-state index in [4.69, 9.17) is 0 Å². The summed E-state index contributed by atoms with van der Waals surface area (Å²) in [5, 5.41) is 10.8. The molecule has 1 heteroatoms. The first-order valence-electron chi connectivity index (χ1n) is 7.04. The third kappa shape index (κ3) is 1.02. The normalized spacial score (nSPS) is 58.7. The lowest BCUT2D eigenvalue weighted by atomic mass is 9.64. The van der Waals surface area contributed by atoms with Crippen LogP contribution in [0, 0.1) is 28.6 Å². The number of fused-ring (bicyclic) bond motifs is 1. The monoisotopic (exact) mass is 222 g/mol. The fourth-order valence-electron chi connectivity index (χ4n) is 5.85. The van der Waals surface area contributed by atoms with E-state index in [0.717, 1.165) is 24.2 Å². The Balaban J connectivity index is 2.08. The third-order valence-electron chi connectivity index (χ3n) is 6.83. The highest BCUT2D eigenvalue weighted by atomic mass is 16.3. The van der Waals surface area contributed by atoms with Gasteiger partial charge in [-0.2, -0.15) is 0 Å². The van der Waals surface area contributed by atoms with E-state index in [1.165, 1.54) is 25.7 Å². The van der Waals surface area contributed by atoms with Crippen molar-refractivity contribution in [3.05, 3.63) is 0 Å². The van der Waals surface area contributed by atoms with Crippen LogP contribution in [0.2, 0.25) is 0 Å². The molecule has 1 spiro atoms. The standard InChI is InChI=1S/C15H26O/c1-10-5-8-15-9-11(10)13(2,3)12(15)6-7-14(15,4)16/h10-12,16H,5-9H2,1-4H3/t10-,11+,12+,14+,15-/m1/s1. The molecule has 1 N–H and O–H groups in total. The average Bonchev–Trinajstić information content (AvgIpc) is 2.53. The molecule has 0 aromatic carbocycles. The van der Waals surface area contributed by atoms with Crippen molar-refractivity contribution in [1.82, 2.24) is 0 Å². The van der Waals surface area contributed by atoms with Gasteiger partial charge in [-0.1, -0.05) is 20.8 Å². The molecule has 3 fully saturated rings. The molecule has 0 radical (unpaired) electrons. The van der Waals surface area contributed by atoms with E-state index >= 15 is 0 Å². The van der Waals surface area contributed by atoms with Gasteiger partial charge in [-0.3, -0.25) is 0 Å². The first kappa shape index (κ1) is 11.1. The minimum Gasteiger partial charge on any atom is -0.390 e. The van der Waals surface area contributed by atoms with Crippen molar-refractivity contribution in [2.24, 2.45) is 28.6 Å². The lowest BCUT2D eigenvalue weighted by molar-refractivity contribution is -0.0764. The second-order valence-corrected chi connectivity index (χ2v) is 7.67. The molecule has 0 amide bonds. The van der Waals surface area contributed by atoms with Gasteiger partial charge in [0.05, 0.1) is 5.60 Å². The van der Waals surface area contributed by atoms with Gasteiger partial charge >= 0.3 is 0 Å². The van der Waals surface area contributed by atoms with Crippen LogP contribution in [-0.4, -0.2) is 10.7 Å². The van der Waals surface area contributed by atoms with Gasteiger partial charge in [0.25, 0.3) is 0 Å². The molecule has 3 aliphatic carbocycles. The predicted molar refractivity (Wildman–Crippen MR) is 66.1 cm³/mol. The van der Waals surface area contributed by atoms with E-state index in [-0.39, 0.29) is 11.0 Å². The highest BCUT2D eigenvalue weighted by molar-refractivity contribution is 5.18. The summed E-state index contributed by atoms with van der Waals surface area (Å²) >= 11 is 0. The molecule has 2 bridgehead atoms. The zero-order valence-corrected chi connectivity index (χ0v) is 11.2. The van der Waals surface area contributed by atoms with E-state index in [0.29, 0.717) is 5.41 Å². The average molecular weight is 222 g/mol. The van der Waals surface area contributed by atoms with E-state index in [9.17, 15) is 5.11 Å². The molecule has 0 saturated heterocycles. The van der Waals surface area contributed by atoms with Gasteiger partial charge in [0.1, 0.15) is 0 Å². The van der Waals surface area contributed by atoms with E-state index < -0.39 is 0 Å². The summed E-state index contributed by atoms with van der Waals surface area (Å²) in [6.45, 7) is 9.47. The van der Waals surface area contributed by atoms with Gasteiger partial charge in [0.2, 0.25) is 0 Å². The fraction of sp³-hybridized carbons (Fsp3) is 1.00. The summed E-state index contributed by atoms with van der Waals surface area (Å²) in [5.74, 6) is 2.48. The summed E-state index contributed by atoms with van der Waals surface area (Å²) in [5.41, 5.74) is 0.341. The van der Waals surface area contributed by atoms with Crippen LogP contribution in [-0.2, 0) is 0 Å². The van der Waals surface area contributed by atoms with E-state index in [1.807, 2.05) is 0 Å². The molecule has 3 rings (SSSR count). The van der Waals surface area contributed by atoms with Crippen LogP contribution in [0.25, 0.3) is 0 Å². The van der Waals surface area contributed by atoms with Crippen LogP contribution in [0.5, 0.6) is 0 Å². The van der Waals surface area contributed by atoms with Gasteiger partial charge in [0.15, 0.2) is 0 Å². The molecule has 3 saturated carbocycles. The quantitative estimate of drug-likeness (QED) is 0.664. The van der Waals surface area contributed by atoms with Crippen molar-refractivity contribution in [2.75, 3.05) is 0 Å². The lowest BCUT2D eigenvalue weighted by Gasteiger charge is -2.44. The number of aliphatic hydroxyl groups is 1. The maximum Gasteiger partial charge on any atom is 0.0678 e. The summed E-state index contributed by atoms with van der Waals surface area (Å²) < 4.78 is 0. The predicted octanol–water partition coefficient (Wildman–Crippen LogP) is 3.61. The first-order valence-corrected chi connectivity index (χ1v) is 7.04. The highest BCUT2D eigenvalue weighted by Crippen LogP contribution is 2.73. The Labute approximate surface area is 99.6 Å². The molecular weight excluding hydrogens is 196 g/mol. The summed E-state index contributed by atoms with van der Waals surface area (Å²) in [4.78, 5) is 0. The zero-order chi connectivity index (χ0) is 11.8. The largest absolute Gasteiger partial charge is 0.390 e. The Hall–Kier alpha value is -0.0400. The molecule has 1 nitrogen and oxygen atoms in total. The summed E-state index contributed by atoms with van der Waals surface area (Å²) in [7, 11) is 0. The summed E-state index contributed by atoms with van der Waals surface area (Å²) in [6.07, 6.45) is 6.18. The Kier molecular flexibility index (Phi) is 1.98. The minimum absolute atomic E-state index is 0.272. The molecule has 0 aliphatic heterocycles. The molecule has 5 atom stereocenters. The maximum absolute atomic E-state index is 10.8. The van der Waals surface area contributed by atoms with Gasteiger partial charge in [-0.25, -0.2) is 0 Å². The van der Waals surface area contributed by atoms with Crippen LogP contribution in [0.3, 0.4) is 0 Å². The zero-order valence-electron chi connectivity index (χ0n) is 11.2. The van der Waals surface area contributed by atoms with Crippen LogP contribution in [0.15, 0.2) is 0 Å². The topological polar surface area (TPSA) is 20.2 Å². The lowest BCUT2D eigenvalue weighted by Crippen LogP contribution is -2.44. The Morgan fingerprint density at radius 2 is 1.75 bits per heavy atom. The van der Waals surface area contributed by atoms with Gasteiger partial charge < -0.3 is 5.11 Å². The first-order chi connectivity index (χ1) is 7.31. The fourth-order valence-corrected chi connectivity index (χ4v) is 5.85. The van der Waals surface area contributed by atoms with Crippen LogP contribution in [0.4, 0.5) is 0 Å². The van der Waals surface area contributed by atoms with Gasteiger partial charge in [-0.05, 0) is 62.2 Å². The van der Waals surface area contributed by atoms with Crippen LogP contribution in [0.1, 0.15) is 59.8 Å². The second-order valence-electron chi connectivity index (χ2n) is 7.67. The van der Waals surface area contributed by atoms with Crippen molar-refractivity contribution in [3.63, 3.8) is 0 Å². The van der Waals surface area contributed by atoms with Crippen molar-refractivity contribution in [2.45, 2.75) is 65.4 Å². The van der Waals surface area contributed by atoms with Crippen LogP contribution >= 0.6 is 0 Å². The second kappa shape index (κ2) is 2.85. The molecule has 16 heavy (non-hydrogen) atoms. The maximum atomic E-state index is 10.8. The third-order valence-corrected chi connectivity index (χ3v) is 6.83. The number of rotatable bonds is 0. The van der Waals surface area contributed by atoms with Crippen molar-refractivity contribution < 1.29 is 5.11 Å².